The topological polar surface area (TPSA) is 0 Å². The standard InChI is InChI=1S/C24H29.C12H7Si.2ClH.Zr/c1-6-17(5)20-14-19-12-13-21(16(3)4)24(23(19)15-20)22-11-9-8-10-18(22)7-2;1-3-7-11-9(5-1)10-6-2-4-8-12(10)13-11;;;/h8-17H,6-7H2,1-5H3;1-7H;2*1H;/q2*-1;;;+4/p-2. The molecule has 0 saturated heterocycles. The smallest absolute Gasteiger partial charge is 0.0920 e. The first-order chi connectivity index (χ1) is 19.4. The minimum absolute atomic E-state index is 0.524. The number of halogens is 2. The van der Waals surface area contributed by atoms with Gasteiger partial charge in [-0.15, -0.1) is 40.1 Å². The summed E-state index contributed by atoms with van der Waals surface area (Å²) in [5.74, 6) is 1.14. The fraction of sp³-hybridized carbons (Fsp3) is 0.250. The average Bonchev–Trinajstić information content (AvgIpc) is 3.59. The van der Waals surface area contributed by atoms with Crippen LogP contribution in [0.1, 0.15) is 69.6 Å². The Kier molecular flexibility index (Phi) is 11.6. The van der Waals surface area contributed by atoms with Crippen molar-refractivity contribution < 1.29 is 20.8 Å². The maximum atomic E-state index is 4.93. The molecule has 0 spiro atoms. The minimum Gasteiger partial charge on any atom is -0.184 e. The molecule has 5 aromatic rings. The van der Waals surface area contributed by atoms with Gasteiger partial charge in [0.15, 0.2) is 0 Å². The van der Waals surface area contributed by atoms with Crippen LogP contribution in [0, 0.1) is 6.07 Å². The van der Waals surface area contributed by atoms with Crippen molar-refractivity contribution >= 4 is 47.7 Å². The van der Waals surface area contributed by atoms with Gasteiger partial charge in [-0.3, -0.25) is 0 Å². The van der Waals surface area contributed by atoms with E-state index >= 15 is 0 Å². The number of hydrogen-bond donors (Lipinski definition) is 0. The third-order valence-corrected chi connectivity index (χ3v) is 9.12. The average molecular weight is 659 g/mol. The molecule has 5 aromatic carbocycles. The number of rotatable bonds is 5. The van der Waals surface area contributed by atoms with E-state index in [1.165, 1.54) is 66.5 Å². The van der Waals surface area contributed by atoms with Crippen molar-refractivity contribution in [1.82, 2.24) is 0 Å². The maximum absolute atomic E-state index is 4.93. The van der Waals surface area contributed by atoms with Gasteiger partial charge in [0.25, 0.3) is 0 Å². The van der Waals surface area contributed by atoms with Crippen LogP contribution in [-0.2, 0) is 27.3 Å². The molecular formula is C36H36Cl2SiZr. The van der Waals surface area contributed by atoms with Gasteiger partial charge in [0.2, 0.25) is 0 Å². The molecule has 1 heterocycles. The van der Waals surface area contributed by atoms with Crippen LogP contribution in [0.15, 0.2) is 91.0 Å². The number of benzene rings is 4. The van der Waals surface area contributed by atoms with Crippen molar-refractivity contribution in [3.63, 3.8) is 0 Å². The molecule has 0 aromatic heterocycles. The van der Waals surface area contributed by atoms with Gasteiger partial charge in [0.05, 0.1) is 9.52 Å². The number of aryl methyl sites for hydroxylation is 1. The van der Waals surface area contributed by atoms with Crippen LogP contribution in [0.25, 0.3) is 33.0 Å². The first kappa shape index (κ1) is 31.1. The van der Waals surface area contributed by atoms with Crippen molar-refractivity contribution in [3.8, 4) is 22.3 Å². The van der Waals surface area contributed by atoms with Crippen LogP contribution in [-0.4, -0.2) is 9.52 Å². The van der Waals surface area contributed by atoms with Crippen LogP contribution < -0.4 is 10.4 Å². The fourth-order valence-electron chi connectivity index (χ4n) is 5.42. The zero-order chi connectivity index (χ0) is 28.6. The summed E-state index contributed by atoms with van der Waals surface area (Å²) in [6.07, 6.45) is 2.26. The summed E-state index contributed by atoms with van der Waals surface area (Å²) < 4.78 is 0. The number of fused-ring (bicyclic) bond motifs is 4. The minimum atomic E-state index is -0.826. The Morgan fingerprint density at radius 3 is 2.23 bits per heavy atom. The Balaban J connectivity index is 0.000000192. The van der Waals surface area contributed by atoms with E-state index in [0.29, 0.717) is 11.8 Å². The van der Waals surface area contributed by atoms with Crippen LogP contribution in [0.2, 0.25) is 0 Å². The van der Waals surface area contributed by atoms with Crippen molar-refractivity contribution in [2.45, 2.75) is 59.3 Å². The molecule has 6 rings (SSSR count). The van der Waals surface area contributed by atoms with E-state index in [2.05, 4.69) is 126 Å². The zero-order valence-corrected chi connectivity index (χ0v) is 29.0. The summed E-state index contributed by atoms with van der Waals surface area (Å²) in [6, 6.07) is 36.6. The Hall–Kier alpha value is -1.83. The monoisotopic (exact) mass is 656 g/mol. The Labute approximate surface area is 262 Å². The van der Waals surface area contributed by atoms with Crippen LogP contribution in [0.5, 0.6) is 0 Å². The van der Waals surface area contributed by atoms with Gasteiger partial charge >= 0.3 is 37.9 Å². The molecule has 40 heavy (non-hydrogen) atoms. The van der Waals surface area contributed by atoms with Gasteiger partial charge in [-0.05, 0) is 29.4 Å². The first-order valence-electron chi connectivity index (χ1n) is 14.1. The molecule has 4 heteroatoms. The van der Waals surface area contributed by atoms with Gasteiger partial charge in [-0.1, -0.05) is 111 Å². The molecule has 1 aliphatic heterocycles. The second-order valence-corrected chi connectivity index (χ2v) is 15.5. The van der Waals surface area contributed by atoms with Gasteiger partial charge < -0.3 is 0 Å². The molecule has 0 fully saturated rings. The van der Waals surface area contributed by atoms with Gasteiger partial charge in [0.1, 0.15) is 0 Å². The molecule has 0 N–H and O–H groups in total. The molecule has 1 aliphatic rings. The zero-order valence-electron chi connectivity index (χ0n) is 24.0. The summed E-state index contributed by atoms with van der Waals surface area (Å²) in [5, 5.41) is 5.64. The van der Waals surface area contributed by atoms with E-state index in [1.54, 1.807) is 0 Å². The molecule has 0 bridgehead atoms. The fourth-order valence-corrected chi connectivity index (χ4v) is 6.73. The quantitative estimate of drug-likeness (QED) is 0.128. The molecule has 2 radical (unpaired) electrons. The predicted molar refractivity (Wildman–Crippen MR) is 175 cm³/mol. The van der Waals surface area contributed by atoms with E-state index in [0.717, 1.165) is 15.9 Å². The third-order valence-electron chi connectivity index (χ3n) is 7.75. The summed E-state index contributed by atoms with van der Waals surface area (Å²) >= 11 is -0.826. The molecule has 0 nitrogen and oxygen atoms in total. The van der Waals surface area contributed by atoms with Crippen LogP contribution in [0.3, 0.4) is 0 Å². The van der Waals surface area contributed by atoms with Gasteiger partial charge in [-0.25, -0.2) is 0 Å². The largest absolute Gasteiger partial charge is 0.184 e. The molecule has 202 valence electrons. The summed E-state index contributed by atoms with van der Waals surface area (Å²) in [4.78, 5) is 0. The SMILES string of the molecule is CCc1ccccc1-c1c(C(C)C)ccc2[cH-]c(C(C)CC)cc12.[Cl][Zr+2][Cl].[c-]1cccc2c1[Si]c1ccccc1-2. The van der Waals surface area contributed by atoms with E-state index < -0.39 is 20.8 Å². The van der Waals surface area contributed by atoms with Crippen molar-refractivity contribution in [2.75, 3.05) is 0 Å². The molecule has 0 saturated carbocycles. The van der Waals surface area contributed by atoms with Crippen LogP contribution in [0.4, 0.5) is 0 Å². The summed E-state index contributed by atoms with van der Waals surface area (Å²) in [6.45, 7) is 11.5. The second-order valence-electron chi connectivity index (χ2n) is 10.5. The Morgan fingerprint density at radius 1 is 0.850 bits per heavy atom. The second kappa shape index (κ2) is 14.9. The number of hydrogen-bond acceptors (Lipinski definition) is 0. The molecule has 0 aliphatic carbocycles. The summed E-state index contributed by atoms with van der Waals surface area (Å²) in [5.41, 5.74) is 10.0. The van der Waals surface area contributed by atoms with Gasteiger partial charge in [0, 0.05) is 0 Å². The Morgan fingerprint density at radius 2 is 1.52 bits per heavy atom. The molecule has 1 unspecified atom stereocenters. The van der Waals surface area contributed by atoms with Crippen molar-refractivity contribution in [1.29, 1.82) is 0 Å². The van der Waals surface area contributed by atoms with Gasteiger partial charge in [-0.2, -0.15) is 35.5 Å². The molecule has 0 amide bonds. The van der Waals surface area contributed by atoms with E-state index in [-0.39, 0.29) is 0 Å². The molecule has 1 atom stereocenters. The predicted octanol–water partition coefficient (Wildman–Crippen LogP) is 9.92. The summed E-state index contributed by atoms with van der Waals surface area (Å²) in [7, 11) is 10.7. The molecular weight excluding hydrogens is 623 g/mol. The van der Waals surface area contributed by atoms with E-state index in [1.807, 2.05) is 6.07 Å². The van der Waals surface area contributed by atoms with Crippen molar-refractivity contribution in [3.05, 3.63) is 114 Å². The normalized spacial score (nSPS) is 12.0. The van der Waals surface area contributed by atoms with E-state index in [9.17, 15) is 0 Å². The third kappa shape index (κ3) is 6.96. The Bertz CT molecular complexity index is 1510. The first-order valence-corrected chi connectivity index (χ1v) is 21.4. The van der Waals surface area contributed by atoms with Crippen molar-refractivity contribution in [2.24, 2.45) is 0 Å². The van der Waals surface area contributed by atoms with Crippen LogP contribution >= 0.6 is 17.0 Å². The maximum Gasteiger partial charge on any atom is 0.0920 e. The van der Waals surface area contributed by atoms with E-state index in [4.69, 9.17) is 17.0 Å².